The summed E-state index contributed by atoms with van der Waals surface area (Å²) < 4.78 is 0. The molecule has 0 saturated heterocycles. The van der Waals surface area contributed by atoms with Crippen molar-refractivity contribution in [2.24, 2.45) is 0 Å². The first-order chi connectivity index (χ1) is 13.5. The molecule has 0 aromatic heterocycles. The van der Waals surface area contributed by atoms with Gasteiger partial charge in [-0.25, -0.2) is 0 Å². The first-order valence-electron chi connectivity index (χ1n) is 9.16. The van der Waals surface area contributed by atoms with Crippen LogP contribution < -0.4 is 10.6 Å². The molecule has 6 nitrogen and oxygen atoms in total. The fourth-order valence-corrected chi connectivity index (χ4v) is 4.09. The Morgan fingerprint density at radius 1 is 1.14 bits per heavy atom. The molecule has 0 spiro atoms. The number of carbonyl (C=O) groups is 3. The number of benzene rings is 2. The van der Waals surface area contributed by atoms with Crippen molar-refractivity contribution in [3.8, 4) is 0 Å². The SMILES string of the molecule is CCc1ccccc1NC(=O)CN(C)C(=O)CC1Sc2ccccc2NC1=O. The number of carbonyl (C=O) groups excluding carboxylic acids is 3. The molecule has 1 atom stereocenters. The van der Waals surface area contributed by atoms with E-state index in [1.165, 1.54) is 16.7 Å². The van der Waals surface area contributed by atoms with Gasteiger partial charge in [0.1, 0.15) is 0 Å². The second-order valence-corrected chi connectivity index (χ2v) is 7.85. The molecule has 28 heavy (non-hydrogen) atoms. The van der Waals surface area contributed by atoms with Crippen LogP contribution in [-0.2, 0) is 20.8 Å². The van der Waals surface area contributed by atoms with E-state index in [0.717, 1.165) is 28.3 Å². The molecule has 1 aliphatic rings. The molecule has 3 rings (SSSR count). The lowest BCUT2D eigenvalue weighted by Gasteiger charge is -2.25. The van der Waals surface area contributed by atoms with Crippen molar-refractivity contribution < 1.29 is 14.4 Å². The molecule has 2 aromatic carbocycles. The minimum absolute atomic E-state index is 0.0418. The van der Waals surface area contributed by atoms with Gasteiger partial charge in [-0.2, -0.15) is 0 Å². The number of hydrogen-bond acceptors (Lipinski definition) is 4. The molecule has 0 radical (unpaired) electrons. The van der Waals surface area contributed by atoms with E-state index in [4.69, 9.17) is 0 Å². The first kappa shape index (κ1) is 19.9. The van der Waals surface area contributed by atoms with Gasteiger partial charge in [0.2, 0.25) is 17.7 Å². The molecule has 0 bridgehead atoms. The van der Waals surface area contributed by atoms with Crippen molar-refractivity contribution in [2.75, 3.05) is 24.2 Å². The second-order valence-electron chi connectivity index (χ2n) is 6.60. The summed E-state index contributed by atoms with van der Waals surface area (Å²) in [5, 5.41) is 5.18. The van der Waals surface area contributed by atoms with Crippen LogP contribution in [0.2, 0.25) is 0 Å². The van der Waals surface area contributed by atoms with Crippen molar-refractivity contribution in [1.29, 1.82) is 0 Å². The van der Waals surface area contributed by atoms with Crippen LogP contribution in [0.15, 0.2) is 53.4 Å². The Labute approximate surface area is 168 Å². The van der Waals surface area contributed by atoms with E-state index in [1.54, 1.807) is 7.05 Å². The predicted octanol–water partition coefficient (Wildman–Crippen LogP) is 3.15. The summed E-state index contributed by atoms with van der Waals surface area (Å²) in [4.78, 5) is 39.4. The monoisotopic (exact) mass is 397 g/mol. The average Bonchev–Trinajstić information content (AvgIpc) is 2.68. The summed E-state index contributed by atoms with van der Waals surface area (Å²) in [6, 6.07) is 15.1. The van der Waals surface area contributed by atoms with Gasteiger partial charge in [0.25, 0.3) is 0 Å². The van der Waals surface area contributed by atoms with Crippen LogP contribution in [0.4, 0.5) is 11.4 Å². The van der Waals surface area contributed by atoms with Gasteiger partial charge in [-0.3, -0.25) is 14.4 Å². The van der Waals surface area contributed by atoms with Crippen LogP contribution in [0.3, 0.4) is 0 Å². The Hall–Kier alpha value is -2.80. The second kappa shape index (κ2) is 8.93. The van der Waals surface area contributed by atoms with Crippen molar-refractivity contribution >= 4 is 40.9 Å². The van der Waals surface area contributed by atoms with Crippen LogP contribution in [0.25, 0.3) is 0 Å². The van der Waals surface area contributed by atoms with E-state index in [1.807, 2.05) is 55.5 Å². The minimum Gasteiger partial charge on any atom is -0.336 e. The van der Waals surface area contributed by atoms with E-state index in [-0.39, 0.29) is 30.7 Å². The molecule has 3 amide bonds. The Balaban J connectivity index is 1.56. The Bertz CT molecular complexity index is 900. The number of likely N-dealkylation sites (N-methyl/N-ethyl adjacent to an activating group) is 1. The number of hydrogen-bond donors (Lipinski definition) is 2. The Morgan fingerprint density at radius 2 is 1.86 bits per heavy atom. The third-order valence-corrected chi connectivity index (χ3v) is 5.82. The van der Waals surface area contributed by atoms with Crippen LogP contribution >= 0.6 is 11.8 Å². The van der Waals surface area contributed by atoms with Gasteiger partial charge in [0, 0.05) is 24.1 Å². The smallest absolute Gasteiger partial charge is 0.243 e. The zero-order valence-electron chi connectivity index (χ0n) is 15.9. The van der Waals surface area contributed by atoms with Crippen molar-refractivity contribution in [1.82, 2.24) is 4.90 Å². The molecule has 0 saturated carbocycles. The minimum atomic E-state index is -0.506. The number of amides is 3. The molecule has 1 unspecified atom stereocenters. The first-order valence-corrected chi connectivity index (χ1v) is 10.0. The summed E-state index contributed by atoms with van der Waals surface area (Å²) in [6.45, 7) is 1.96. The van der Waals surface area contributed by atoms with E-state index in [9.17, 15) is 14.4 Å². The van der Waals surface area contributed by atoms with E-state index < -0.39 is 5.25 Å². The molecule has 7 heteroatoms. The summed E-state index contributed by atoms with van der Waals surface area (Å²) in [5.41, 5.74) is 2.57. The van der Waals surface area contributed by atoms with Crippen LogP contribution in [0.1, 0.15) is 18.9 Å². The maximum absolute atomic E-state index is 12.5. The number of nitrogens with zero attached hydrogens (tertiary/aromatic N) is 1. The van der Waals surface area contributed by atoms with E-state index >= 15 is 0 Å². The molecule has 2 N–H and O–H groups in total. The van der Waals surface area contributed by atoms with Crippen molar-refractivity contribution in [2.45, 2.75) is 29.9 Å². The van der Waals surface area contributed by atoms with Gasteiger partial charge in [0.05, 0.1) is 17.5 Å². The van der Waals surface area contributed by atoms with Crippen LogP contribution in [0, 0.1) is 0 Å². The predicted molar refractivity (Wildman–Crippen MR) is 111 cm³/mol. The molecule has 1 heterocycles. The topological polar surface area (TPSA) is 78.5 Å². The molecular weight excluding hydrogens is 374 g/mol. The summed E-state index contributed by atoms with van der Waals surface area (Å²) in [5.74, 6) is -0.694. The number of fused-ring (bicyclic) bond motifs is 1. The normalized spacial score (nSPS) is 15.4. The molecule has 0 fully saturated rings. The Morgan fingerprint density at radius 3 is 2.64 bits per heavy atom. The largest absolute Gasteiger partial charge is 0.336 e. The number of aryl methyl sites for hydroxylation is 1. The summed E-state index contributed by atoms with van der Waals surface area (Å²) in [7, 11) is 1.58. The van der Waals surface area contributed by atoms with E-state index in [2.05, 4.69) is 10.6 Å². The molecule has 146 valence electrons. The zero-order chi connectivity index (χ0) is 20.1. The van der Waals surface area contributed by atoms with Gasteiger partial charge in [-0.05, 0) is 30.2 Å². The highest BCUT2D eigenvalue weighted by molar-refractivity contribution is 8.01. The van der Waals surface area contributed by atoms with Gasteiger partial charge in [-0.1, -0.05) is 37.3 Å². The highest BCUT2D eigenvalue weighted by Crippen LogP contribution is 2.36. The lowest BCUT2D eigenvalue weighted by atomic mass is 10.1. The zero-order valence-corrected chi connectivity index (χ0v) is 16.7. The van der Waals surface area contributed by atoms with Gasteiger partial charge in [-0.15, -0.1) is 11.8 Å². The third kappa shape index (κ3) is 4.72. The lowest BCUT2D eigenvalue weighted by molar-refractivity contribution is -0.134. The third-order valence-electron chi connectivity index (χ3n) is 4.55. The van der Waals surface area contributed by atoms with Crippen molar-refractivity contribution in [3.05, 3.63) is 54.1 Å². The number of anilines is 2. The number of para-hydroxylation sites is 2. The number of thioether (sulfide) groups is 1. The van der Waals surface area contributed by atoms with Gasteiger partial charge >= 0.3 is 0 Å². The average molecular weight is 398 g/mol. The fourth-order valence-electron chi connectivity index (χ4n) is 2.99. The molecular formula is C21H23N3O3S. The molecule has 1 aliphatic heterocycles. The number of nitrogens with one attached hydrogen (secondary N) is 2. The number of rotatable bonds is 6. The van der Waals surface area contributed by atoms with E-state index in [0.29, 0.717) is 0 Å². The summed E-state index contributed by atoms with van der Waals surface area (Å²) in [6.07, 6.45) is 0.848. The highest BCUT2D eigenvalue weighted by atomic mass is 32.2. The highest BCUT2D eigenvalue weighted by Gasteiger charge is 2.30. The molecule has 2 aromatic rings. The maximum Gasteiger partial charge on any atom is 0.243 e. The summed E-state index contributed by atoms with van der Waals surface area (Å²) >= 11 is 1.38. The maximum atomic E-state index is 12.5. The standard InChI is InChI=1S/C21H23N3O3S/c1-3-14-8-4-5-9-15(14)22-19(25)13-24(2)20(26)12-18-21(27)23-16-10-6-7-11-17(16)28-18/h4-11,18H,3,12-13H2,1-2H3,(H,22,25)(H,23,27). The van der Waals surface area contributed by atoms with Gasteiger partial charge in [0.15, 0.2) is 0 Å². The molecule has 0 aliphatic carbocycles. The van der Waals surface area contributed by atoms with Crippen LogP contribution in [-0.4, -0.2) is 41.5 Å². The lowest BCUT2D eigenvalue weighted by Crippen LogP contribution is -2.39. The van der Waals surface area contributed by atoms with Crippen molar-refractivity contribution in [3.63, 3.8) is 0 Å². The fraction of sp³-hybridized carbons (Fsp3) is 0.286. The Kier molecular flexibility index (Phi) is 6.36. The quantitative estimate of drug-likeness (QED) is 0.785. The van der Waals surface area contributed by atoms with Gasteiger partial charge < -0.3 is 15.5 Å². The van der Waals surface area contributed by atoms with Crippen LogP contribution in [0.5, 0.6) is 0 Å².